The zero-order valence-corrected chi connectivity index (χ0v) is 10.2. The quantitative estimate of drug-likeness (QED) is 0.790. The molecule has 0 bridgehead atoms. The van der Waals surface area contributed by atoms with Crippen LogP contribution in [0.2, 0.25) is 0 Å². The van der Waals surface area contributed by atoms with Gasteiger partial charge in [0.1, 0.15) is 0 Å². The first-order valence-electron chi connectivity index (χ1n) is 5.83. The molecule has 1 aromatic rings. The van der Waals surface area contributed by atoms with E-state index in [1.165, 1.54) is 6.07 Å². The summed E-state index contributed by atoms with van der Waals surface area (Å²) in [5.41, 5.74) is -0.0588. The molecular weight excluding hydrogens is 239 g/mol. The van der Waals surface area contributed by atoms with E-state index >= 15 is 0 Å². The Morgan fingerprint density at radius 3 is 2.67 bits per heavy atom. The molecule has 0 aliphatic rings. The van der Waals surface area contributed by atoms with Gasteiger partial charge in [-0.25, -0.2) is 0 Å². The fourth-order valence-corrected chi connectivity index (χ4v) is 1.68. The van der Waals surface area contributed by atoms with Crippen molar-refractivity contribution in [3.05, 3.63) is 35.4 Å². The molecule has 0 aliphatic heterocycles. The van der Waals surface area contributed by atoms with Crippen molar-refractivity contribution in [1.82, 2.24) is 5.32 Å². The van der Waals surface area contributed by atoms with Crippen molar-refractivity contribution in [2.45, 2.75) is 32.0 Å². The third kappa shape index (κ3) is 4.08. The van der Waals surface area contributed by atoms with Gasteiger partial charge in [0, 0.05) is 12.5 Å². The topological polar surface area (TPSA) is 12.0 Å². The standard InChI is InChI=1S/C14H16F3N/c1-3-6-13(18-9-4-2)11-7-5-8-12(10-11)14(15,16)17/h1,5,7-8,10,13,18H,4,6,9H2,2H3. The zero-order valence-electron chi connectivity index (χ0n) is 10.2. The van der Waals surface area contributed by atoms with Crippen molar-refractivity contribution < 1.29 is 13.2 Å². The minimum absolute atomic E-state index is 0.225. The average molecular weight is 255 g/mol. The maximum Gasteiger partial charge on any atom is 0.416 e. The number of hydrogen-bond donors (Lipinski definition) is 1. The molecule has 1 rings (SSSR count). The van der Waals surface area contributed by atoms with Gasteiger partial charge in [0.05, 0.1) is 5.56 Å². The van der Waals surface area contributed by atoms with Crippen LogP contribution in [-0.2, 0) is 6.18 Å². The number of terminal acetylenes is 1. The molecule has 0 radical (unpaired) electrons. The maximum absolute atomic E-state index is 12.6. The lowest BCUT2D eigenvalue weighted by molar-refractivity contribution is -0.137. The molecule has 98 valence electrons. The van der Waals surface area contributed by atoms with Gasteiger partial charge in [0.2, 0.25) is 0 Å². The predicted molar refractivity (Wildman–Crippen MR) is 65.9 cm³/mol. The fourth-order valence-electron chi connectivity index (χ4n) is 1.68. The fraction of sp³-hybridized carbons (Fsp3) is 0.429. The van der Waals surface area contributed by atoms with Crippen molar-refractivity contribution in [1.29, 1.82) is 0 Å². The summed E-state index contributed by atoms with van der Waals surface area (Å²) in [6.07, 6.45) is 2.21. The average Bonchev–Trinajstić information content (AvgIpc) is 2.33. The minimum atomic E-state index is -4.32. The van der Waals surface area contributed by atoms with Crippen LogP contribution >= 0.6 is 0 Å². The second-order valence-electron chi connectivity index (χ2n) is 4.04. The normalized spacial score (nSPS) is 13.1. The van der Waals surface area contributed by atoms with Gasteiger partial charge in [-0.3, -0.25) is 0 Å². The van der Waals surface area contributed by atoms with Crippen molar-refractivity contribution in [3.63, 3.8) is 0 Å². The largest absolute Gasteiger partial charge is 0.416 e. The van der Waals surface area contributed by atoms with Crippen LogP contribution in [0.3, 0.4) is 0 Å². The van der Waals surface area contributed by atoms with E-state index in [0.29, 0.717) is 12.0 Å². The van der Waals surface area contributed by atoms with Crippen LogP contribution in [0.4, 0.5) is 13.2 Å². The Morgan fingerprint density at radius 2 is 2.11 bits per heavy atom. The van der Waals surface area contributed by atoms with Gasteiger partial charge >= 0.3 is 6.18 Å². The van der Waals surface area contributed by atoms with Gasteiger partial charge in [0.25, 0.3) is 0 Å². The summed E-state index contributed by atoms with van der Waals surface area (Å²) in [6, 6.07) is 5.08. The van der Waals surface area contributed by atoms with E-state index in [1.807, 2.05) is 6.92 Å². The highest BCUT2D eigenvalue weighted by Gasteiger charge is 2.30. The Labute approximate surface area is 105 Å². The maximum atomic E-state index is 12.6. The van der Waals surface area contributed by atoms with E-state index in [1.54, 1.807) is 6.07 Å². The number of nitrogens with one attached hydrogen (secondary N) is 1. The Kier molecular flexibility index (Phi) is 5.24. The first-order valence-corrected chi connectivity index (χ1v) is 5.83. The van der Waals surface area contributed by atoms with Crippen LogP contribution < -0.4 is 5.32 Å². The van der Waals surface area contributed by atoms with Crippen LogP contribution in [0.5, 0.6) is 0 Å². The highest BCUT2D eigenvalue weighted by Crippen LogP contribution is 2.31. The van der Waals surface area contributed by atoms with Gasteiger partial charge in [-0.05, 0) is 30.7 Å². The molecule has 1 N–H and O–H groups in total. The molecule has 0 saturated carbocycles. The molecule has 0 heterocycles. The lowest BCUT2D eigenvalue weighted by atomic mass is 10.0. The molecule has 0 aliphatic carbocycles. The molecule has 0 spiro atoms. The summed E-state index contributed by atoms with van der Waals surface area (Å²) in [7, 11) is 0. The Balaban J connectivity index is 2.95. The summed E-state index contributed by atoms with van der Waals surface area (Å²) in [4.78, 5) is 0. The Morgan fingerprint density at radius 1 is 1.39 bits per heavy atom. The van der Waals surface area contributed by atoms with Crippen LogP contribution in [0.1, 0.15) is 36.9 Å². The lowest BCUT2D eigenvalue weighted by Crippen LogP contribution is -2.22. The molecule has 4 heteroatoms. The Bertz CT molecular complexity index is 418. The van der Waals surface area contributed by atoms with Crippen molar-refractivity contribution >= 4 is 0 Å². The van der Waals surface area contributed by atoms with Gasteiger partial charge in [-0.15, -0.1) is 12.3 Å². The highest BCUT2D eigenvalue weighted by atomic mass is 19.4. The number of benzene rings is 1. The lowest BCUT2D eigenvalue weighted by Gasteiger charge is -2.18. The van der Waals surface area contributed by atoms with E-state index in [0.717, 1.165) is 25.1 Å². The van der Waals surface area contributed by atoms with Crippen LogP contribution in [0.25, 0.3) is 0 Å². The number of alkyl halides is 3. The van der Waals surface area contributed by atoms with E-state index < -0.39 is 11.7 Å². The first kappa shape index (κ1) is 14.6. The number of hydrogen-bond acceptors (Lipinski definition) is 1. The molecule has 1 aromatic carbocycles. The van der Waals surface area contributed by atoms with Crippen molar-refractivity contribution in [2.24, 2.45) is 0 Å². The third-order valence-corrected chi connectivity index (χ3v) is 2.58. The molecular formula is C14H16F3N. The van der Waals surface area contributed by atoms with Crippen LogP contribution in [0, 0.1) is 12.3 Å². The Hall–Kier alpha value is -1.47. The van der Waals surface area contributed by atoms with E-state index in [-0.39, 0.29) is 6.04 Å². The summed E-state index contributed by atoms with van der Waals surface area (Å²) >= 11 is 0. The molecule has 18 heavy (non-hydrogen) atoms. The number of rotatable bonds is 5. The zero-order chi connectivity index (χ0) is 13.6. The van der Waals surface area contributed by atoms with Crippen molar-refractivity contribution in [2.75, 3.05) is 6.54 Å². The smallest absolute Gasteiger partial charge is 0.309 e. The molecule has 0 amide bonds. The van der Waals surface area contributed by atoms with E-state index in [2.05, 4.69) is 11.2 Å². The summed E-state index contributed by atoms with van der Waals surface area (Å²) in [5.74, 6) is 2.49. The number of halogens is 3. The summed E-state index contributed by atoms with van der Waals surface area (Å²) < 4.78 is 37.8. The minimum Gasteiger partial charge on any atom is -0.309 e. The van der Waals surface area contributed by atoms with E-state index in [9.17, 15) is 13.2 Å². The highest BCUT2D eigenvalue weighted by molar-refractivity contribution is 5.28. The SMILES string of the molecule is C#CCC(NCCC)c1cccc(C(F)(F)F)c1. The first-order chi connectivity index (χ1) is 8.49. The van der Waals surface area contributed by atoms with Gasteiger partial charge in [-0.1, -0.05) is 19.1 Å². The molecule has 1 atom stereocenters. The van der Waals surface area contributed by atoms with Crippen molar-refractivity contribution in [3.8, 4) is 12.3 Å². The molecule has 1 unspecified atom stereocenters. The van der Waals surface area contributed by atoms with E-state index in [4.69, 9.17) is 6.42 Å². The van der Waals surface area contributed by atoms with Crippen LogP contribution in [-0.4, -0.2) is 6.54 Å². The van der Waals surface area contributed by atoms with Gasteiger partial charge in [0.15, 0.2) is 0 Å². The third-order valence-electron chi connectivity index (χ3n) is 2.58. The monoisotopic (exact) mass is 255 g/mol. The molecule has 0 fully saturated rings. The molecule has 1 nitrogen and oxygen atoms in total. The van der Waals surface area contributed by atoms with Crippen LogP contribution in [0.15, 0.2) is 24.3 Å². The summed E-state index contributed by atoms with van der Waals surface area (Å²) in [6.45, 7) is 2.72. The second-order valence-corrected chi connectivity index (χ2v) is 4.04. The second kappa shape index (κ2) is 6.46. The molecule has 0 saturated heterocycles. The predicted octanol–water partition coefficient (Wildman–Crippen LogP) is 3.77. The van der Waals surface area contributed by atoms with Gasteiger partial charge in [-0.2, -0.15) is 13.2 Å². The summed E-state index contributed by atoms with van der Waals surface area (Å²) in [5, 5.41) is 3.16. The molecule has 0 aromatic heterocycles. The van der Waals surface area contributed by atoms with Gasteiger partial charge < -0.3 is 5.32 Å².